The number of carbonyl (C=O) groups is 1. The molecule has 1 aliphatic heterocycles. The number of para-hydroxylation sites is 1. The number of hydrogen-bond acceptors (Lipinski definition) is 5. The predicted molar refractivity (Wildman–Crippen MR) is 93.2 cm³/mol. The summed E-state index contributed by atoms with van der Waals surface area (Å²) in [7, 11) is 0. The smallest absolute Gasteiger partial charge is 0.349 e. The number of aromatic nitrogens is 1. The Labute approximate surface area is 143 Å². The average molecular weight is 336 g/mol. The van der Waals surface area contributed by atoms with Gasteiger partial charge in [0.25, 0.3) is 5.91 Å². The number of rotatable bonds is 1. The zero-order valence-electron chi connectivity index (χ0n) is 13.9. The van der Waals surface area contributed by atoms with Crippen LogP contribution >= 0.6 is 0 Å². The van der Waals surface area contributed by atoms with Crippen molar-refractivity contribution in [3.8, 4) is 5.88 Å². The Hall–Kier alpha value is -3.15. The van der Waals surface area contributed by atoms with Gasteiger partial charge in [-0.1, -0.05) is 18.2 Å². The number of hydrogen-bond donors (Lipinski definition) is 0. The summed E-state index contributed by atoms with van der Waals surface area (Å²) in [5.41, 5.74) is 1.05. The summed E-state index contributed by atoms with van der Waals surface area (Å²) in [5.74, 6) is -0.0150. The summed E-state index contributed by atoms with van der Waals surface area (Å²) in [6.45, 7) is 3.96. The van der Waals surface area contributed by atoms with Crippen LogP contribution in [0.5, 0.6) is 5.88 Å². The van der Waals surface area contributed by atoms with Gasteiger partial charge in [-0.3, -0.25) is 9.69 Å². The molecular formula is C19H16N2O4. The van der Waals surface area contributed by atoms with Crippen molar-refractivity contribution in [3.05, 3.63) is 64.1 Å². The van der Waals surface area contributed by atoms with E-state index >= 15 is 0 Å². The summed E-state index contributed by atoms with van der Waals surface area (Å²) in [5, 5.41) is 0.748. The van der Waals surface area contributed by atoms with E-state index in [0.717, 1.165) is 5.39 Å². The lowest BCUT2D eigenvalue weighted by Crippen LogP contribution is -2.44. The average Bonchev–Trinajstić information content (AvgIpc) is 2.60. The van der Waals surface area contributed by atoms with E-state index in [1.54, 1.807) is 37.4 Å². The van der Waals surface area contributed by atoms with Crippen LogP contribution in [0.2, 0.25) is 0 Å². The minimum Gasteiger partial charge on any atom is -0.471 e. The van der Waals surface area contributed by atoms with Crippen LogP contribution in [-0.4, -0.2) is 23.5 Å². The summed E-state index contributed by atoms with van der Waals surface area (Å²) in [4.78, 5) is 31.4. The molecule has 1 unspecified atom stereocenters. The van der Waals surface area contributed by atoms with E-state index in [9.17, 15) is 9.59 Å². The Balaban J connectivity index is 1.88. The topological polar surface area (TPSA) is 72.6 Å². The molecule has 0 N–H and O–H groups in total. The zero-order valence-corrected chi connectivity index (χ0v) is 13.9. The molecule has 0 saturated carbocycles. The Morgan fingerprint density at radius 2 is 2.04 bits per heavy atom. The van der Waals surface area contributed by atoms with Gasteiger partial charge in [-0.05, 0) is 37.6 Å². The van der Waals surface area contributed by atoms with E-state index in [1.165, 1.54) is 4.90 Å². The SMILES string of the molecule is Cc1c(C(=O)N2CC(C)Oc3ncccc32)c(=O)oc2ccccc12. The van der Waals surface area contributed by atoms with E-state index in [4.69, 9.17) is 9.15 Å². The zero-order chi connectivity index (χ0) is 17.6. The van der Waals surface area contributed by atoms with Gasteiger partial charge in [0.15, 0.2) is 0 Å². The van der Waals surface area contributed by atoms with Gasteiger partial charge in [-0.15, -0.1) is 0 Å². The lowest BCUT2D eigenvalue weighted by molar-refractivity contribution is 0.0954. The maximum Gasteiger partial charge on any atom is 0.349 e. The highest BCUT2D eigenvalue weighted by atomic mass is 16.5. The number of ether oxygens (including phenoxy) is 1. The molecule has 4 rings (SSSR count). The van der Waals surface area contributed by atoms with Crippen molar-refractivity contribution in [2.75, 3.05) is 11.4 Å². The molecule has 25 heavy (non-hydrogen) atoms. The third-order valence-electron chi connectivity index (χ3n) is 4.33. The van der Waals surface area contributed by atoms with Gasteiger partial charge < -0.3 is 9.15 Å². The molecule has 126 valence electrons. The second-order valence-corrected chi connectivity index (χ2v) is 6.06. The fourth-order valence-corrected chi connectivity index (χ4v) is 3.14. The highest BCUT2D eigenvalue weighted by Crippen LogP contribution is 2.32. The van der Waals surface area contributed by atoms with Gasteiger partial charge in [0.05, 0.1) is 6.54 Å². The van der Waals surface area contributed by atoms with Crippen molar-refractivity contribution in [1.82, 2.24) is 4.98 Å². The van der Waals surface area contributed by atoms with Gasteiger partial charge in [0.2, 0.25) is 5.88 Å². The molecule has 6 nitrogen and oxygen atoms in total. The first-order valence-corrected chi connectivity index (χ1v) is 8.02. The standard InChI is InChI=1S/C19H16N2O4/c1-11-10-21(14-7-5-9-20-17(14)24-11)18(22)16-12(2)13-6-3-4-8-15(13)25-19(16)23/h3-9,11H,10H2,1-2H3. The molecule has 0 saturated heterocycles. The Morgan fingerprint density at radius 3 is 2.88 bits per heavy atom. The molecule has 3 heterocycles. The normalized spacial score (nSPS) is 16.4. The van der Waals surface area contributed by atoms with Crippen LogP contribution in [-0.2, 0) is 0 Å². The van der Waals surface area contributed by atoms with E-state index in [0.29, 0.717) is 29.3 Å². The van der Waals surface area contributed by atoms with E-state index in [1.807, 2.05) is 19.1 Å². The van der Waals surface area contributed by atoms with Gasteiger partial charge in [0.1, 0.15) is 22.9 Å². The monoisotopic (exact) mass is 336 g/mol. The second kappa shape index (κ2) is 5.73. The Bertz CT molecular complexity index is 1040. The van der Waals surface area contributed by atoms with E-state index < -0.39 is 11.5 Å². The number of amides is 1. The van der Waals surface area contributed by atoms with Crippen molar-refractivity contribution in [3.63, 3.8) is 0 Å². The van der Waals surface area contributed by atoms with Crippen LogP contribution in [0.15, 0.2) is 51.8 Å². The molecule has 0 aliphatic carbocycles. The number of nitrogens with zero attached hydrogens (tertiary/aromatic N) is 2. The number of pyridine rings is 1. The number of carbonyl (C=O) groups excluding carboxylic acids is 1. The van der Waals surface area contributed by atoms with Gasteiger partial charge in [-0.2, -0.15) is 0 Å². The number of fused-ring (bicyclic) bond motifs is 2. The highest BCUT2D eigenvalue weighted by Gasteiger charge is 2.32. The lowest BCUT2D eigenvalue weighted by atomic mass is 10.0. The molecule has 1 aliphatic rings. The van der Waals surface area contributed by atoms with Crippen molar-refractivity contribution in [2.24, 2.45) is 0 Å². The van der Waals surface area contributed by atoms with Gasteiger partial charge in [0, 0.05) is 11.6 Å². The third kappa shape index (κ3) is 2.46. The summed E-state index contributed by atoms with van der Waals surface area (Å²) >= 11 is 0. The van der Waals surface area contributed by atoms with Crippen LogP contribution < -0.4 is 15.3 Å². The summed E-state index contributed by atoms with van der Waals surface area (Å²) < 4.78 is 11.0. The van der Waals surface area contributed by atoms with Gasteiger partial charge in [-0.25, -0.2) is 9.78 Å². The summed E-state index contributed by atoms with van der Waals surface area (Å²) in [6, 6.07) is 10.7. The molecule has 1 amide bonds. The van der Waals surface area contributed by atoms with Crippen LogP contribution in [0.4, 0.5) is 5.69 Å². The first-order valence-electron chi connectivity index (χ1n) is 8.02. The molecule has 6 heteroatoms. The maximum atomic E-state index is 13.2. The van der Waals surface area contributed by atoms with Gasteiger partial charge >= 0.3 is 5.63 Å². The van der Waals surface area contributed by atoms with Crippen LogP contribution in [0, 0.1) is 6.92 Å². The largest absolute Gasteiger partial charge is 0.471 e. The van der Waals surface area contributed by atoms with Crippen LogP contribution in [0.3, 0.4) is 0 Å². The minimum absolute atomic E-state index is 0.0441. The highest BCUT2D eigenvalue weighted by molar-refractivity contribution is 6.09. The fraction of sp³-hybridized carbons (Fsp3) is 0.211. The molecule has 0 bridgehead atoms. The van der Waals surface area contributed by atoms with E-state index in [-0.39, 0.29) is 11.7 Å². The predicted octanol–water partition coefficient (Wildman–Crippen LogP) is 2.92. The van der Waals surface area contributed by atoms with Crippen molar-refractivity contribution in [2.45, 2.75) is 20.0 Å². The first-order chi connectivity index (χ1) is 12.1. The minimum atomic E-state index is -0.634. The van der Waals surface area contributed by atoms with Crippen molar-refractivity contribution < 1.29 is 13.9 Å². The second-order valence-electron chi connectivity index (χ2n) is 6.06. The fourth-order valence-electron chi connectivity index (χ4n) is 3.14. The van der Waals surface area contributed by atoms with Crippen molar-refractivity contribution in [1.29, 1.82) is 0 Å². The molecule has 0 fully saturated rings. The molecule has 1 atom stereocenters. The quantitative estimate of drug-likeness (QED) is 0.639. The third-order valence-corrected chi connectivity index (χ3v) is 4.33. The molecule has 0 spiro atoms. The molecule has 1 aromatic carbocycles. The number of anilines is 1. The molecule has 3 aromatic rings. The Morgan fingerprint density at radius 1 is 1.24 bits per heavy atom. The molecule has 0 radical (unpaired) electrons. The van der Waals surface area contributed by atoms with Crippen LogP contribution in [0.1, 0.15) is 22.8 Å². The van der Waals surface area contributed by atoms with Crippen LogP contribution in [0.25, 0.3) is 11.0 Å². The number of aryl methyl sites for hydroxylation is 1. The molecule has 2 aromatic heterocycles. The van der Waals surface area contributed by atoms with Crippen molar-refractivity contribution >= 4 is 22.6 Å². The summed E-state index contributed by atoms with van der Waals surface area (Å²) in [6.07, 6.45) is 1.38. The molecular weight excluding hydrogens is 320 g/mol. The Kier molecular flexibility index (Phi) is 3.53. The van der Waals surface area contributed by atoms with E-state index in [2.05, 4.69) is 4.98 Å². The lowest BCUT2D eigenvalue weighted by Gasteiger charge is -2.32. The first kappa shape index (κ1) is 15.4. The maximum absolute atomic E-state index is 13.2. The number of benzene rings is 1.